The van der Waals surface area contributed by atoms with Crippen molar-refractivity contribution in [2.75, 3.05) is 12.0 Å². The number of nitrogens with zero attached hydrogens (tertiary/aromatic N) is 2. The van der Waals surface area contributed by atoms with E-state index >= 15 is 0 Å². The average Bonchev–Trinajstić information content (AvgIpc) is 2.70. The van der Waals surface area contributed by atoms with Gasteiger partial charge in [-0.05, 0) is 30.6 Å². The summed E-state index contributed by atoms with van der Waals surface area (Å²) in [5.74, 6) is -0.789. The highest BCUT2D eigenvalue weighted by Gasteiger charge is 2.21. The van der Waals surface area contributed by atoms with Gasteiger partial charge in [0.05, 0.1) is 6.20 Å². The fourth-order valence-electron chi connectivity index (χ4n) is 2.02. The number of thioether (sulfide) groups is 1. The van der Waals surface area contributed by atoms with E-state index in [1.807, 2.05) is 6.26 Å². The van der Waals surface area contributed by atoms with E-state index in [0.717, 1.165) is 0 Å². The molecule has 0 aliphatic rings. The van der Waals surface area contributed by atoms with Gasteiger partial charge in [-0.1, -0.05) is 18.2 Å². The van der Waals surface area contributed by atoms with Crippen LogP contribution in [0.1, 0.15) is 27.3 Å². The normalized spacial score (nSPS) is 11.3. The predicted molar refractivity (Wildman–Crippen MR) is 98.3 cm³/mol. The van der Waals surface area contributed by atoms with Crippen molar-refractivity contribution >= 4 is 29.5 Å². The van der Waals surface area contributed by atoms with Gasteiger partial charge in [0, 0.05) is 18.0 Å². The topological polar surface area (TPSA) is 113 Å². The molecule has 0 spiro atoms. The molecule has 0 aliphatic heterocycles. The fraction of sp³-hybridized carbons (Fsp3) is 0.235. The Bertz CT molecular complexity index is 743. The van der Waals surface area contributed by atoms with Gasteiger partial charge in [-0.2, -0.15) is 11.8 Å². The number of carbonyl (C=O) groups is 3. The Labute approximate surface area is 155 Å². The molecule has 3 amide bonds. The van der Waals surface area contributed by atoms with Crippen molar-refractivity contribution in [3.05, 3.63) is 60.2 Å². The molecule has 1 heterocycles. The number of hydrogen-bond donors (Lipinski definition) is 3. The Morgan fingerprint density at radius 3 is 2.50 bits per heavy atom. The summed E-state index contributed by atoms with van der Waals surface area (Å²) in [7, 11) is 0. The van der Waals surface area contributed by atoms with Gasteiger partial charge in [-0.25, -0.2) is 4.98 Å². The molecule has 0 bridgehead atoms. The van der Waals surface area contributed by atoms with Crippen LogP contribution in [-0.4, -0.2) is 45.7 Å². The molecular formula is C17H19N5O3S. The molecule has 9 heteroatoms. The van der Waals surface area contributed by atoms with Crippen molar-refractivity contribution in [3.63, 3.8) is 0 Å². The summed E-state index contributed by atoms with van der Waals surface area (Å²) in [5.41, 5.74) is 5.11. The van der Waals surface area contributed by atoms with Gasteiger partial charge in [0.1, 0.15) is 11.7 Å². The lowest BCUT2D eigenvalue weighted by molar-refractivity contribution is -0.123. The molecule has 1 aromatic heterocycles. The second-order valence-electron chi connectivity index (χ2n) is 5.21. The standard InChI is InChI=1S/C17H19N5O3S/c1-26-10-7-13(20-15(23)12-5-3-2-4-6-12)16(24)21-22-17(25)14-11-18-8-9-19-14/h2-6,8-9,11,13H,7,10H2,1H3,(H,20,23)(H,21,24)(H,22,25). The van der Waals surface area contributed by atoms with Gasteiger partial charge in [-0.3, -0.25) is 30.2 Å². The Morgan fingerprint density at radius 1 is 1.08 bits per heavy atom. The minimum atomic E-state index is -0.780. The molecule has 0 saturated carbocycles. The summed E-state index contributed by atoms with van der Waals surface area (Å²) >= 11 is 1.55. The van der Waals surface area contributed by atoms with Crippen LogP contribution in [0.4, 0.5) is 0 Å². The molecule has 0 radical (unpaired) electrons. The number of amides is 3. The lowest BCUT2D eigenvalue weighted by Gasteiger charge is -2.18. The molecule has 1 aromatic carbocycles. The Balaban J connectivity index is 1.95. The first-order chi connectivity index (χ1) is 12.6. The van der Waals surface area contributed by atoms with Crippen LogP contribution in [0.25, 0.3) is 0 Å². The predicted octanol–water partition coefficient (Wildman–Crippen LogP) is 0.789. The first-order valence-electron chi connectivity index (χ1n) is 7.83. The number of carbonyl (C=O) groups excluding carboxylic acids is 3. The highest BCUT2D eigenvalue weighted by atomic mass is 32.2. The lowest BCUT2D eigenvalue weighted by atomic mass is 10.1. The SMILES string of the molecule is CSCCC(NC(=O)c1ccccc1)C(=O)NNC(=O)c1cnccn1. The van der Waals surface area contributed by atoms with E-state index in [9.17, 15) is 14.4 Å². The van der Waals surface area contributed by atoms with E-state index < -0.39 is 17.9 Å². The van der Waals surface area contributed by atoms with Gasteiger partial charge in [0.15, 0.2) is 0 Å². The number of hydrogen-bond acceptors (Lipinski definition) is 6. The zero-order valence-corrected chi connectivity index (χ0v) is 15.0. The van der Waals surface area contributed by atoms with Crippen molar-refractivity contribution in [3.8, 4) is 0 Å². The summed E-state index contributed by atoms with van der Waals surface area (Å²) in [6, 6.07) is 7.83. The van der Waals surface area contributed by atoms with Crippen LogP contribution in [0.2, 0.25) is 0 Å². The third kappa shape index (κ3) is 5.85. The summed E-state index contributed by atoms with van der Waals surface area (Å²) < 4.78 is 0. The zero-order valence-electron chi connectivity index (χ0n) is 14.1. The number of nitrogens with one attached hydrogen (secondary N) is 3. The van der Waals surface area contributed by atoms with Crippen molar-refractivity contribution in [2.24, 2.45) is 0 Å². The average molecular weight is 373 g/mol. The highest BCUT2D eigenvalue weighted by molar-refractivity contribution is 7.98. The van der Waals surface area contributed by atoms with Crippen molar-refractivity contribution in [1.82, 2.24) is 26.1 Å². The van der Waals surface area contributed by atoms with Crippen molar-refractivity contribution in [1.29, 1.82) is 0 Å². The summed E-state index contributed by atoms with van der Waals surface area (Å²) in [6.07, 6.45) is 6.42. The third-order valence-corrected chi connectivity index (χ3v) is 4.01. The maximum absolute atomic E-state index is 12.4. The zero-order chi connectivity index (χ0) is 18.8. The molecule has 8 nitrogen and oxygen atoms in total. The largest absolute Gasteiger partial charge is 0.340 e. The Hall–Kier alpha value is -2.94. The number of aromatic nitrogens is 2. The number of benzene rings is 1. The van der Waals surface area contributed by atoms with E-state index in [0.29, 0.717) is 17.7 Å². The van der Waals surface area contributed by atoms with E-state index in [1.165, 1.54) is 18.6 Å². The lowest BCUT2D eigenvalue weighted by Crippen LogP contribution is -2.52. The van der Waals surface area contributed by atoms with Gasteiger partial charge in [0.2, 0.25) is 0 Å². The van der Waals surface area contributed by atoms with Crippen molar-refractivity contribution < 1.29 is 14.4 Å². The second kappa shape index (κ2) is 10.1. The summed E-state index contributed by atoms with van der Waals surface area (Å²) in [5, 5.41) is 2.69. The first kappa shape index (κ1) is 19.4. The Morgan fingerprint density at radius 2 is 1.85 bits per heavy atom. The number of rotatable bonds is 7. The van der Waals surface area contributed by atoms with Gasteiger partial charge in [-0.15, -0.1) is 0 Å². The molecule has 2 rings (SSSR count). The highest BCUT2D eigenvalue weighted by Crippen LogP contribution is 2.04. The quantitative estimate of drug-likeness (QED) is 0.619. The molecule has 1 unspecified atom stereocenters. The van der Waals surface area contributed by atoms with E-state index in [4.69, 9.17) is 0 Å². The first-order valence-corrected chi connectivity index (χ1v) is 9.22. The van der Waals surface area contributed by atoms with E-state index in [-0.39, 0.29) is 11.6 Å². The molecule has 0 fully saturated rings. The summed E-state index contributed by atoms with van der Waals surface area (Å²) in [4.78, 5) is 44.2. The van der Waals surface area contributed by atoms with Crippen LogP contribution in [0.3, 0.4) is 0 Å². The minimum Gasteiger partial charge on any atom is -0.340 e. The Kier molecular flexibility index (Phi) is 7.56. The molecule has 3 N–H and O–H groups in total. The van der Waals surface area contributed by atoms with Crippen LogP contribution in [-0.2, 0) is 4.79 Å². The molecule has 136 valence electrons. The molecule has 0 aliphatic carbocycles. The molecular weight excluding hydrogens is 354 g/mol. The molecule has 1 atom stereocenters. The third-order valence-electron chi connectivity index (χ3n) is 3.36. The maximum atomic E-state index is 12.4. The van der Waals surface area contributed by atoms with Crippen LogP contribution >= 0.6 is 11.8 Å². The molecule has 26 heavy (non-hydrogen) atoms. The smallest absolute Gasteiger partial charge is 0.289 e. The van der Waals surface area contributed by atoms with Crippen LogP contribution in [0.15, 0.2) is 48.9 Å². The van der Waals surface area contributed by atoms with Crippen molar-refractivity contribution in [2.45, 2.75) is 12.5 Å². The van der Waals surface area contributed by atoms with Gasteiger partial charge >= 0.3 is 0 Å². The fourth-order valence-corrected chi connectivity index (χ4v) is 2.49. The second-order valence-corrected chi connectivity index (χ2v) is 6.19. The molecule has 2 aromatic rings. The monoisotopic (exact) mass is 373 g/mol. The minimum absolute atomic E-state index is 0.0711. The van der Waals surface area contributed by atoms with Crippen LogP contribution < -0.4 is 16.2 Å². The summed E-state index contributed by atoms with van der Waals surface area (Å²) in [6.45, 7) is 0. The van der Waals surface area contributed by atoms with E-state index in [2.05, 4.69) is 26.1 Å². The van der Waals surface area contributed by atoms with Crippen LogP contribution in [0.5, 0.6) is 0 Å². The van der Waals surface area contributed by atoms with Crippen LogP contribution in [0, 0.1) is 0 Å². The van der Waals surface area contributed by atoms with E-state index in [1.54, 1.807) is 42.1 Å². The maximum Gasteiger partial charge on any atom is 0.289 e. The van der Waals surface area contributed by atoms with Gasteiger partial charge < -0.3 is 5.32 Å². The van der Waals surface area contributed by atoms with Gasteiger partial charge in [0.25, 0.3) is 17.7 Å². The molecule has 0 saturated heterocycles. The number of hydrazine groups is 1.